The van der Waals surface area contributed by atoms with E-state index in [1.54, 1.807) is 19.2 Å². The summed E-state index contributed by atoms with van der Waals surface area (Å²) in [6.45, 7) is 1.02. The van der Waals surface area contributed by atoms with Gasteiger partial charge in [0.25, 0.3) is 0 Å². The third kappa shape index (κ3) is 4.67. The van der Waals surface area contributed by atoms with Gasteiger partial charge in [-0.15, -0.1) is 0 Å². The van der Waals surface area contributed by atoms with Crippen molar-refractivity contribution in [2.24, 2.45) is 0 Å². The van der Waals surface area contributed by atoms with Gasteiger partial charge < -0.3 is 15.4 Å². The Morgan fingerprint density at radius 2 is 2.04 bits per heavy atom. The molecule has 0 spiro atoms. The van der Waals surface area contributed by atoms with E-state index in [9.17, 15) is 10.1 Å². The summed E-state index contributed by atoms with van der Waals surface area (Å²) in [6, 6.07) is 4.76. The van der Waals surface area contributed by atoms with Gasteiger partial charge in [-0.2, -0.15) is 0 Å². The average Bonchev–Trinajstić information content (AvgIpc) is 2.54. The third-order valence-corrected chi connectivity index (χ3v) is 3.55. The quantitative estimate of drug-likeness (QED) is 0.412. The van der Waals surface area contributed by atoms with Crippen molar-refractivity contribution in [2.45, 2.75) is 6.42 Å². The van der Waals surface area contributed by atoms with Crippen LogP contribution in [0.5, 0.6) is 0 Å². The van der Waals surface area contributed by atoms with Crippen molar-refractivity contribution in [1.82, 2.24) is 9.97 Å². The van der Waals surface area contributed by atoms with E-state index in [2.05, 4.69) is 20.6 Å². The van der Waals surface area contributed by atoms with E-state index in [0.29, 0.717) is 35.3 Å². The Labute approximate surface area is 148 Å². The fourth-order valence-corrected chi connectivity index (χ4v) is 2.37. The van der Waals surface area contributed by atoms with Crippen molar-refractivity contribution in [2.75, 3.05) is 30.9 Å². The van der Waals surface area contributed by atoms with Gasteiger partial charge in [0.15, 0.2) is 0 Å². The van der Waals surface area contributed by atoms with Crippen LogP contribution in [-0.4, -0.2) is 35.2 Å². The van der Waals surface area contributed by atoms with Gasteiger partial charge in [0.05, 0.1) is 15.6 Å². The van der Waals surface area contributed by atoms with E-state index in [-0.39, 0.29) is 17.3 Å². The minimum absolute atomic E-state index is 0.0356. The van der Waals surface area contributed by atoms with Crippen molar-refractivity contribution in [3.63, 3.8) is 0 Å². The van der Waals surface area contributed by atoms with Crippen molar-refractivity contribution in [1.29, 1.82) is 0 Å². The number of aromatic nitrogens is 2. The molecule has 0 saturated heterocycles. The molecule has 1 heterocycles. The number of hydrogen-bond acceptors (Lipinski definition) is 7. The molecule has 0 aliphatic heterocycles. The summed E-state index contributed by atoms with van der Waals surface area (Å²) in [6.07, 6.45) is 1.92. The lowest BCUT2D eigenvalue weighted by Gasteiger charge is -2.11. The molecule has 0 fully saturated rings. The Morgan fingerprint density at radius 1 is 1.29 bits per heavy atom. The molecule has 1 aromatic heterocycles. The number of rotatable bonds is 8. The molecule has 2 aromatic rings. The zero-order chi connectivity index (χ0) is 17.5. The van der Waals surface area contributed by atoms with E-state index >= 15 is 0 Å². The van der Waals surface area contributed by atoms with Crippen molar-refractivity contribution < 1.29 is 9.66 Å². The van der Waals surface area contributed by atoms with Crippen LogP contribution >= 0.6 is 23.2 Å². The molecule has 0 amide bonds. The van der Waals surface area contributed by atoms with Crippen LogP contribution in [-0.2, 0) is 4.74 Å². The lowest BCUT2D eigenvalue weighted by atomic mass is 10.3. The van der Waals surface area contributed by atoms with Gasteiger partial charge in [-0.1, -0.05) is 23.2 Å². The monoisotopic (exact) mass is 371 g/mol. The molecule has 0 radical (unpaired) electrons. The Balaban J connectivity index is 2.27. The van der Waals surface area contributed by atoms with Gasteiger partial charge >= 0.3 is 5.69 Å². The third-order valence-electron chi connectivity index (χ3n) is 3.01. The van der Waals surface area contributed by atoms with Crippen LogP contribution in [0.25, 0.3) is 0 Å². The molecule has 8 nitrogen and oxygen atoms in total. The molecule has 0 atom stereocenters. The standard InChI is InChI=1S/C14H15Cl2N5O3/c1-24-6-2-5-17-13-12(21(22)23)14(19-8-18-13)20-11-4-3-9(15)7-10(11)16/h3-4,7-8H,2,5-6H2,1H3,(H2,17,18,19,20). The number of nitro groups is 1. The van der Waals surface area contributed by atoms with Crippen molar-refractivity contribution in [3.05, 3.63) is 44.7 Å². The summed E-state index contributed by atoms with van der Waals surface area (Å²) in [5, 5.41) is 18.0. The van der Waals surface area contributed by atoms with Gasteiger partial charge in [0, 0.05) is 25.3 Å². The lowest BCUT2D eigenvalue weighted by molar-refractivity contribution is -0.383. The van der Waals surface area contributed by atoms with E-state index in [0.717, 1.165) is 0 Å². The van der Waals surface area contributed by atoms with Gasteiger partial charge in [0.1, 0.15) is 6.33 Å². The second-order valence-corrected chi connectivity index (χ2v) is 5.54. The van der Waals surface area contributed by atoms with Gasteiger partial charge in [-0.05, 0) is 24.6 Å². The largest absolute Gasteiger partial charge is 0.385 e. The first-order valence-corrected chi connectivity index (χ1v) is 7.72. The molecule has 2 N–H and O–H groups in total. The predicted molar refractivity (Wildman–Crippen MR) is 93.4 cm³/mol. The SMILES string of the molecule is COCCCNc1ncnc(Nc2ccc(Cl)cc2Cl)c1[N+](=O)[O-]. The number of ether oxygens (including phenoxy) is 1. The van der Waals surface area contributed by atoms with Gasteiger partial charge in [-0.3, -0.25) is 10.1 Å². The van der Waals surface area contributed by atoms with Gasteiger partial charge in [0.2, 0.25) is 11.6 Å². The van der Waals surface area contributed by atoms with Crippen LogP contribution in [0.15, 0.2) is 24.5 Å². The molecule has 128 valence electrons. The fourth-order valence-electron chi connectivity index (χ4n) is 1.91. The van der Waals surface area contributed by atoms with Crippen molar-refractivity contribution >= 4 is 46.2 Å². The highest BCUT2D eigenvalue weighted by Gasteiger charge is 2.23. The minimum Gasteiger partial charge on any atom is -0.385 e. The fraction of sp³-hybridized carbons (Fsp3) is 0.286. The zero-order valence-electron chi connectivity index (χ0n) is 12.8. The Bertz CT molecular complexity index is 730. The van der Waals surface area contributed by atoms with Gasteiger partial charge in [-0.25, -0.2) is 9.97 Å². The number of nitrogens with zero attached hydrogens (tertiary/aromatic N) is 3. The first-order valence-electron chi connectivity index (χ1n) is 6.97. The second kappa shape index (κ2) is 8.62. The van der Waals surface area contributed by atoms with Crippen molar-refractivity contribution in [3.8, 4) is 0 Å². The molecule has 10 heteroatoms. The number of anilines is 3. The highest BCUT2D eigenvalue weighted by atomic mass is 35.5. The van der Waals surface area contributed by atoms with Crippen LogP contribution in [0.1, 0.15) is 6.42 Å². The lowest BCUT2D eigenvalue weighted by Crippen LogP contribution is -2.10. The number of nitrogens with one attached hydrogen (secondary N) is 2. The maximum atomic E-state index is 11.4. The highest BCUT2D eigenvalue weighted by Crippen LogP contribution is 2.34. The first kappa shape index (κ1) is 18.2. The normalized spacial score (nSPS) is 10.5. The zero-order valence-corrected chi connectivity index (χ0v) is 14.3. The van der Waals surface area contributed by atoms with Crippen LogP contribution in [0.4, 0.5) is 23.0 Å². The van der Waals surface area contributed by atoms with Crippen LogP contribution < -0.4 is 10.6 Å². The van der Waals surface area contributed by atoms with E-state index in [1.807, 2.05) is 0 Å². The number of methoxy groups -OCH3 is 1. The summed E-state index contributed by atoms with van der Waals surface area (Å²) < 4.78 is 4.94. The average molecular weight is 372 g/mol. The number of halogens is 2. The van der Waals surface area contributed by atoms with E-state index in [4.69, 9.17) is 27.9 Å². The molecule has 0 aliphatic carbocycles. The van der Waals surface area contributed by atoms with Crippen LogP contribution in [0.2, 0.25) is 10.0 Å². The summed E-state index contributed by atoms with van der Waals surface area (Å²) >= 11 is 11.9. The minimum atomic E-state index is -0.551. The van der Waals surface area contributed by atoms with Crippen LogP contribution in [0.3, 0.4) is 0 Å². The molecule has 2 rings (SSSR count). The number of benzene rings is 1. The maximum Gasteiger partial charge on any atom is 0.353 e. The summed E-state index contributed by atoms with van der Waals surface area (Å²) in [7, 11) is 1.59. The molecule has 24 heavy (non-hydrogen) atoms. The maximum absolute atomic E-state index is 11.4. The molecule has 0 unspecified atom stereocenters. The smallest absolute Gasteiger partial charge is 0.353 e. The topological polar surface area (TPSA) is 102 Å². The first-order chi connectivity index (χ1) is 11.5. The van der Waals surface area contributed by atoms with E-state index in [1.165, 1.54) is 12.4 Å². The molecular weight excluding hydrogens is 357 g/mol. The Morgan fingerprint density at radius 3 is 2.71 bits per heavy atom. The second-order valence-electron chi connectivity index (χ2n) is 4.70. The summed E-state index contributed by atoms with van der Waals surface area (Å²) in [4.78, 5) is 18.8. The Hall–Kier alpha value is -2.16. The molecular formula is C14H15Cl2N5O3. The Kier molecular flexibility index (Phi) is 6.53. The molecule has 1 aromatic carbocycles. The molecule has 0 saturated carbocycles. The highest BCUT2D eigenvalue weighted by molar-refractivity contribution is 6.36. The van der Waals surface area contributed by atoms with E-state index < -0.39 is 4.92 Å². The number of hydrogen-bond donors (Lipinski definition) is 2. The summed E-state index contributed by atoms with van der Waals surface area (Å²) in [5.41, 5.74) is 0.189. The van der Waals surface area contributed by atoms with Crippen LogP contribution in [0, 0.1) is 10.1 Å². The molecule has 0 bridgehead atoms. The summed E-state index contributed by atoms with van der Waals surface area (Å²) in [5.74, 6) is 0.159. The predicted octanol–water partition coefficient (Wildman–Crippen LogP) is 3.88. The molecule has 0 aliphatic rings.